The van der Waals surface area contributed by atoms with E-state index < -0.39 is 0 Å². The molecule has 1 unspecified atom stereocenters. The molecule has 0 bridgehead atoms. The van der Waals surface area contributed by atoms with Crippen LogP contribution >= 0.6 is 0 Å². The number of benzene rings is 3. The van der Waals surface area contributed by atoms with Crippen molar-refractivity contribution >= 4 is 27.4 Å². The van der Waals surface area contributed by atoms with Crippen LogP contribution in [0.15, 0.2) is 84.5 Å². The molecule has 0 aliphatic heterocycles. The van der Waals surface area contributed by atoms with Crippen LogP contribution in [0.4, 0.5) is 0 Å². The van der Waals surface area contributed by atoms with Crippen molar-refractivity contribution in [1.82, 2.24) is 4.57 Å². The second-order valence-corrected chi connectivity index (χ2v) is 8.15. The van der Waals surface area contributed by atoms with E-state index in [1.54, 1.807) is 5.57 Å². The zero-order valence-corrected chi connectivity index (χ0v) is 17.4. The van der Waals surface area contributed by atoms with Gasteiger partial charge in [-0.2, -0.15) is 0 Å². The Morgan fingerprint density at radius 1 is 0.862 bits per heavy atom. The minimum absolute atomic E-state index is 0.622. The molecule has 4 aromatic rings. The lowest BCUT2D eigenvalue weighted by Gasteiger charge is -2.24. The molecule has 1 heterocycles. The second-order valence-electron chi connectivity index (χ2n) is 8.15. The molecule has 1 aliphatic carbocycles. The molecule has 0 spiro atoms. The summed E-state index contributed by atoms with van der Waals surface area (Å²) in [6.07, 6.45) is 6.95. The van der Waals surface area contributed by atoms with Crippen molar-refractivity contribution in [3.05, 3.63) is 95.6 Å². The molecule has 1 heteroatoms. The first-order valence-corrected chi connectivity index (χ1v) is 10.7. The fourth-order valence-corrected chi connectivity index (χ4v) is 5.05. The van der Waals surface area contributed by atoms with Gasteiger partial charge in [-0.3, -0.25) is 0 Å². The van der Waals surface area contributed by atoms with E-state index in [2.05, 4.69) is 104 Å². The largest absolute Gasteiger partial charge is 0.309 e. The van der Waals surface area contributed by atoms with E-state index in [-0.39, 0.29) is 0 Å². The van der Waals surface area contributed by atoms with Crippen molar-refractivity contribution in [2.75, 3.05) is 0 Å². The number of rotatable bonds is 3. The van der Waals surface area contributed by atoms with Gasteiger partial charge in [0.25, 0.3) is 0 Å². The zero-order chi connectivity index (χ0) is 20.0. The van der Waals surface area contributed by atoms with Gasteiger partial charge in [0, 0.05) is 16.5 Å². The lowest BCUT2D eigenvalue weighted by atomic mass is 9.82. The SMILES string of the molecule is CCC1=C(c2cccc(-n3c4ccccc4c4ccccc43)c2C)C=CCC1C. The number of para-hydroxylation sites is 2. The van der Waals surface area contributed by atoms with Crippen LogP contribution in [0.25, 0.3) is 33.1 Å². The highest BCUT2D eigenvalue weighted by atomic mass is 15.0. The molecule has 1 atom stereocenters. The van der Waals surface area contributed by atoms with Crippen LogP contribution in [-0.4, -0.2) is 4.57 Å². The zero-order valence-electron chi connectivity index (χ0n) is 17.4. The Morgan fingerprint density at radius 2 is 1.52 bits per heavy atom. The number of fused-ring (bicyclic) bond motifs is 3. The summed E-state index contributed by atoms with van der Waals surface area (Å²) < 4.78 is 2.44. The summed E-state index contributed by atoms with van der Waals surface area (Å²) in [5.41, 5.74) is 9.52. The van der Waals surface area contributed by atoms with Crippen LogP contribution in [0.3, 0.4) is 0 Å². The molecule has 0 N–H and O–H groups in total. The van der Waals surface area contributed by atoms with E-state index >= 15 is 0 Å². The maximum atomic E-state index is 2.44. The van der Waals surface area contributed by atoms with Crippen molar-refractivity contribution in [2.45, 2.75) is 33.6 Å². The number of aromatic nitrogens is 1. The predicted molar refractivity (Wildman–Crippen MR) is 126 cm³/mol. The second kappa shape index (κ2) is 7.08. The fraction of sp³-hybridized carbons (Fsp3) is 0.214. The molecule has 3 aromatic carbocycles. The van der Waals surface area contributed by atoms with E-state index in [1.165, 1.54) is 44.2 Å². The summed E-state index contributed by atoms with van der Waals surface area (Å²) in [6.45, 7) is 6.92. The maximum Gasteiger partial charge on any atom is 0.0541 e. The topological polar surface area (TPSA) is 4.93 Å². The van der Waals surface area contributed by atoms with E-state index in [9.17, 15) is 0 Å². The number of hydrogen-bond donors (Lipinski definition) is 0. The molecule has 0 amide bonds. The predicted octanol–water partition coefficient (Wildman–Crippen LogP) is 7.85. The molecular weight excluding hydrogens is 350 g/mol. The van der Waals surface area contributed by atoms with Crippen LogP contribution in [-0.2, 0) is 0 Å². The average molecular weight is 378 g/mol. The molecule has 1 aromatic heterocycles. The van der Waals surface area contributed by atoms with Gasteiger partial charge in [-0.05, 0) is 60.6 Å². The molecule has 1 aliphatic rings. The normalized spacial score (nSPS) is 16.9. The van der Waals surface area contributed by atoms with Gasteiger partial charge in [-0.25, -0.2) is 0 Å². The first-order chi connectivity index (χ1) is 14.2. The molecule has 0 saturated heterocycles. The Morgan fingerprint density at radius 3 is 2.17 bits per heavy atom. The smallest absolute Gasteiger partial charge is 0.0541 e. The van der Waals surface area contributed by atoms with Gasteiger partial charge in [-0.1, -0.05) is 80.1 Å². The summed E-state index contributed by atoms with van der Waals surface area (Å²) >= 11 is 0. The molecule has 29 heavy (non-hydrogen) atoms. The number of hydrogen-bond acceptors (Lipinski definition) is 0. The van der Waals surface area contributed by atoms with Gasteiger partial charge < -0.3 is 4.57 Å². The van der Waals surface area contributed by atoms with Gasteiger partial charge in [0.15, 0.2) is 0 Å². The van der Waals surface area contributed by atoms with Gasteiger partial charge >= 0.3 is 0 Å². The average Bonchev–Trinajstić information content (AvgIpc) is 3.08. The molecular formula is C28H27N. The molecule has 1 nitrogen and oxygen atoms in total. The van der Waals surface area contributed by atoms with Crippen molar-refractivity contribution in [3.8, 4) is 5.69 Å². The molecule has 0 fully saturated rings. The van der Waals surface area contributed by atoms with E-state index in [4.69, 9.17) is 0 Å². The molecule has 0 radical (unpaired) electrons. The van der Waals surface area contributed by atoms with E-state index in [0.717, 1.165) is 12.8 Å². The lowest BCUT2D eigenvalue weighted by Crippen LogP contribution is -2.07. The Labute approximate surface area is 173 Å². The third-order valence-corrected chi connectivity index (χ3v) is 6.51. The summed E-state index contributed by atoms with van der Waals surface area (Å²) in [6, 6.07) is 24.3. The van der Waals surface area contributed by atoms with Crippen molar-refractivity contribution in [3.63, 3.8) is 0 Å². The van der Waals surface area contributed by atoms with E-state index in [1.807, 2.05) is 0 Å². The summed E-state index contributed by atoms with van der Waals surface area (Å²) in [4.78, 5) is 0. The van der Waals surface area contributed by atoms with Crippen LogP contribution < -0.4 is 0 Å². The van der Waals surface area contributed by atoms with Gasteiger partial charge in [0.1, 0.15) is 0 Å². The molecule has 5 rings (SSSR count). The highest BCUT2D eigenvalue weighted by Crippen LogP contribution is 2.38. The van der Waals surface area contributed by atoms with Crippen molar-refractivity contribution < 1.29 is 0 Å². The van der Waals surface area contributed by atoms with Crippen LogP contribution in [0.1, 0.15) is 37.8 Å². The molecule has 0 saturated carbocycles. The summed E-state index contributed by atoms with van der Waals surface area (Å²) in [5, 5.41) is 2.63. The highest BCUT2D eigenvalue weighted by Gasteiger charge is 2.19. The van der Waals surface area contributed by atoms with Crippen molar-refractivity contribution in [1.29, 1.82) is 0 Å². The third-order valence-electron chi connectivity index (χ3n) is 6.51. The first-order valence-electron chi connectivity index (χ1n) is 10.7. The number of allylic oxidation sites excluding steroid dienone is 4. The minimum Gasteiger partial charge on any atom is -0.309 e. The van der Waals surface area contributed by atoms with Gasteiger partial charge in [0.05, 0.1) is 11.0 Å². The summed E-state index contributed by atoms with van der Waals surface area (Å²) in [5.74, 6) is 0.622. The Kier molecular flexibility index (Phi) is 4.39. The van der Waals surface area contributed by atoms with Crippen LogP contribution in [0.5, 0.6) is 0 Å². The number of nitrogens with zero attached hydrogens (tertiary/aromatic N) is 1. The monoisotopic (exact) mass is 377 g/mol. The highest BCUT2D eigenvalue weighted by molar-refractivity contribution is 6.09. The Balaban J connectivity index is 1.82. The van der Waals surface area contributed by atoms with Crippen molar-refractivity contribution in [2.24, 2.45) is 5.92 Å². The summed E-state index contributed by atoms with van der Waals surface area (Å²) in [7, 11) is 0. The quantitative estimate of drug-likeness (QED) is 0.342. The minimum atomic E-state index is 0.622. The molecule has 144 valence electrons. The standard InChI is InChI=1S/C28H27N/c1-4-21-19(2)11-9-15-23(21)22-14-10-18-26(20(22)3)29-27-16-7-5-12-24(27)25-13-6-8-17-28(25)29/h5-10,12-19H,4,11H2,1-3H3. The van der Waals surface area contributed by atoms with Crippen LogP contribution in [0, 0.1) is 12.8 Å². The van der Waals surface area contributed by atoms with Gasteiger partial charge in [-0.15, -0.1) is 0 Å². The lowest BCUT2D eigenvalue weighted by molar-refractivity contribution is 0.664. The van der Waals surface area contributed by atoms with E-state index in [0.29, 0.717) is 5.92 Å². The van der Waals surface area contributed by atoms with Crippen LogP contribution in [0.2, 0.25) is 0 Å². The maximum absolute atomic E-state index is 2.44. The Hall–Kier alpha value is -3.06. The fourth-order valence-electron chi connectivity index (χ4n) is 5.05. The Bertz CT molecular complexity index is 1230. The first kappa shape index (κ1) is 18.0. The van der Waals surface area contributed by atoms with Gasteiger partial charge in [0.2, 0.25) is 0 Å². The third kappa shape index (κ3) is 2.76.